The zero-order chi connectivity index (χ0) is 18.9. The molecule has 0 unspecified atom stereocenters. The van der Waals surface area contributed by atoms with Crippen molar-refractivity contribution < 1.29 is 18.8 Å². The second-order valence-electron chi connectivity index (χ2n) is 6.56. The molecule has 8 nitrogen and oxygen atoms in total. The van der Waals surface area contributed by atoms with Gasteiger partial charge in [0, 0.05) is 25.4 Å². The van der Waals surface area contributed by atoms with Crippen LogP contribution in [-0.4, -0.2) is 45.8 Å². The van der Waals surface area contributed by atoms with Gasteiger partial charge in [-0.25, -0.2) is 0 Å². The van der Waals surface area contributed by atoms with Crippen molar-refractivity contribution in [3.8, 4) is 23.0 Å². The monoisotopic (exact) mass is 376 g/mol. The highest BCUT2D eigenvalue weighted by molar-refractivity contribution is 5.92. The first-order valence-electron chi connectivity index (χ1n) is 8.88. The minimum atomic E-state index is -0.0571. The second-order valence-corrected chi connectivity index (χ2v) is 6.56. The Labute approximate surface area is 160 Å². The van der Waals surface area contributed by atoms with Crippen molar-refractivity contribution >= 4 is 12.0 Å². The Balaban J connectivity index is 1.19. The summed E-state index contributed by atoms with van der Waals surface area (Å²) in [6.07, 6.45) is 5.01. The summed E-state index contributed by atoms with van der Waals surface area (Å²) < 4.78 is 16.0. The third kappa shape index (κ3) is 3.09. The zero-order valence-electron chi connectivity index (χ0n) is 14.8. The Bertz CT molecular complexity index is 1040. The maximum Gasteiger partial charge on any atom is 0.246 e. The van der Waals surface area contributed by atoms with E-state index >= 15 is 0 Å². The molecule has 28 heavy (non-hydrogen) atoms. The van der Waals surface area contributed by atoms with Crippen molar-refractivity contribution in [3.63, 3.8) is 0 Å². The first-order valence-corrected chi connectivity index (χ1v) is 8.88. The van der Waals surface area contributed by atoms with E-state index in [0.29, 0.717) is 36.2 Å². The number of carbonyl (C=O) groups excluding carboxylic acids is 1. The molecule has 0 bridgehead atoms. The van der Waals surface area contributed by atoms with Gasteiger partial charge in [-0.2, -0.15) is 4.98 Å². The fraction of sp³-hybridized carbons (Fsp3) is 0.200. The maximum atomic E-state index is 12.3. The van der Waals surface area contributed by atoms with Crippen LogP contribution in [0.3, 0.4) is 0 Å². The summed E-state index contributed by atoms with van der Waals surface area (Å²) in [7, 11) is 0. The molecule has 0 atom stereocenters. The lowest BCUT2D eigenvalue weighted by Gasteiger charge is -2.36. The van der Waals surface area contributed by atoms with Crippen molar-refractivity contribution in [2.75, 3.05) is 19.9 Å². The third-order valence-corrected chi connectivity index (χ3v) is 4.69. The molecule has 0 spiro atoms. The summed E-state index contributed by atoms with van der Waals surface area (Å²) in [6, 6.07) is 11.1. The van der Waals surface area contributed by atoms with Gasteiger partial charge in [-0.05, 0) is 35.9 Å². The van der Waals surface area contributed by atoms with E-state index in [-0.39, 0.29) is 18.6 Å². The summed E-state index contributed by atoms with van der Waals surface area (Å²) in [4.78, 5) is 22.7. The topological polar surface area (TPSA) is 90.6 Å². The smallest absolute Gasteiger partial charge is 0.246 e. The van der Waals surface area contributed by atoms with E-state index in [9.17, 15) is 4.79 Å². The molecule has 0 saturated carbocycles. The molecular formula is C20H16N4O4. The zero-order valence-corrected chi connectivity index (χ0v) is 14.8. The van der Waals surface area contributed by atoms with Crippen molar-refractivity contribution in [3.05, 3.63) is 60.1 Å². The molecule has 1 saturated heterocycles. The van der Waals surface area contributed by atoms with E-state index < -0.39 is 0 Å². The van der Waals surface area contributed by atoms with Crippen LogP contribution in [0.2, 0.25) is 0 Å². The number of amides is 1. The highest BCUT2D eigenvalue weighted by Crippen LogP contribution is 2.33. The quantitative estimate of drug-likeness (QED) is 0.646. The Morgan fingerprint density at radius 2 is 2.04 bits per heavy atom. The number of rotatable bonds is 4. The summed E-state index contributed by atoms with van der Waals surface area (Å²) in [5.41, 5.74) is 1.54. The maximum absolute atomic E-state index is 12.3. The standard InChI is InChI=1S/C20H16N4O4/c25-18(7-5-13-4-6-16-17(9-13)27-12-26-16)24-10-14(11-24)20-22-19(23-28-20)15-3-1-2-8-21-15/h1-9,14H,10-12H2/b7-5+. The average molecular weight is 376 g/mol. The molecule has 2 aliphatic rings. The van der Waals surface area contributed by atoms with Gasteiger partial charge in [0.1, 0.15) is 5.69 Å². The highest BCUT2D eigenvalue weighted by Gasteiger charge is 2.34. The van der Waals surface area contributed by atoms with Crippen molar-refractivity contribution in [2.24, 2.45) is 0 Å². The SMILES string of the molecule is O=C(/C=C/c1ccc2c(c1)OCO2)N1CC(c2nc(-c3ccccn3)no2)C1. The second kappa shape index (κ2) is 6.80. The number of carbonyl (C=O) groups is 1. The Kier molecular flexibility index (Phi) is 4.01. The van der Waals surface area contributed by atoms with Crippen LogP contribution in [0.1, 0.15) is 17.4 Å². The Morgan fingerprint density at radius 1 is 1.14 bits per heavy atom. The number of nitrogens with zero attached hydrogens (tertiary/aromatic N) is 4. The molecule has 140 valence electrons. The number of pyridine rings is 1. The van der Waals surface area contributed by atoms with Gasteiger partial charge in [-0.15, -0.1) is 0 Å². The molecular weight excluding hydrogens is 360 g/mol. The van der Waals surface area contributed by atoms with E-state index in [0.717, 1.165) is 11.3 Å². The van der Waals surface area contributed by atoms with Gasteiger partial charge >= 0.3 is 0 Å². The van der Waals surface area contributed by atoms with Gasteiger partial charge in [0.15, 0.2) is 11.5 Å². The van der Waals surface area contributed by atoms with Gasteiger partial charge in [-0.3, -0.25) is 9.78 Å². The molecule has 8 heteroatoms. The van der Waals surface area contributed by atoms with E-state index in [2.05, 4.69) is 15.1 Å². The van der Waals surface area contributed by atoms with E-state index in [1.54, 1.807) is 23.2 Å². The molecule has 0 aliphatic carbocycles. The van der Waals surface area contributed by atoms with Gasteiger partial charge in [0.05, 0.1) is 5.92 Å². The fourth-order valence-electron chi connectivity index (χ4n) is 3.10. The predicted molar refractivity (Wildman–Crippen MR) is 98.4 cm³/mol. The Hall–Kier alpha value is -3.68. The molecule has 1 aromatic carbocycles. The average Bonchev–Trinajstić information content (AvgIpc) is 3.35. The van der Waals surface area contributed by atoms with Crippen LogP contribution in [-0.2, 0) is 4.79 Å². The lowest BCUT2D eigenvalue weighted by molar-refractivity contribution is -0.130. The molecule has 2 aromatic heterocycles. The van der Waals surface area contributed by atoms with Gasteiger partial charge < -0.3 is 18.9 Å². The summed E-state index contributed by atoms with van der Waals surface area (Å²) >= 11 is 0. The minimum absolute atomic E-state index is 0.0489. The van der Waals surface area contributed by atoms with Crippen molar-refractivity contribution in [1.82, 2.24) is 20.0 Å². The number of hydrogen-bond donors (Lipinski definition) is 0. The lowest BCUT2D eigenvalue weighted by Crippen LogP contribution is -2.47. The molecule has 0 radical (unpaired) electrons. The largest absolute Gasteiger partial charge is 0.454 e. The molecule has 4 heterocycles. The van der Waals surface area contributed by atoms with Crippen LogP contribution < -0.4 is 9.47 Å². The molecule has 1 fully saturated rings. The summed E-state index contributed by atoms with van der Waals surface area (Å²) in [6.45, 7) is 1.33. The highest BCUT2D eigenvalue weighted by atomic mass is 16.7. The number of aromatic nitrogens is 3. The molecule has 0 N–H and O–H groups in total. The summed E-state index contributed by atoms with van der Waals surface area (Å²) in [5.74, 6) is 2.40. The van der Waals surface area contributed by atoms with Crippen molar-refractivity contribution in [2.45, 2.75) is 5.92 Å². The molecule has 3 aromatic rings. The van der Waals surface area contributed by atoms with Gasteiger partial charge in [0.2, 0.25) is 24.4 Å². The van der Waals surface area contributed by atoms with E-state index in [1.165, 1.54) is 0 Å². The fourth-order valence-corrected chi connectivity index (χ4v) is 3.10. The summed E-state index contributed by atoms with van der Waals surface area (Å²) in [5, 5.41) is 3.98. The molecule has 5 rings (SSSR count). The minimum Gasteiger partial charge on any atom is -0.454 e. The van der Waals surface area contributed by atoms with Crippen LogP contribution in [0.15, 0.2) is 53.2 Å². The molecule has 1 amide bonds. The number of benzene rings is 1. The normalized spacial score (nSPS) is 15.8. The lowest BCUT2D eigenvalue weighted by atomic mass is 10.00. The number of ether oxygens (including phenoxy) is 2. The Morgan fingerprint density at radius 3 is 2.89 bits per heavy atom. The number of fused-ring (bicyclic) bond motifs is 1. The van der Waals surface area contributed by atoms with E-state index in [1.807, 2.05) is 36.4 Å². The van der Waals surface area contributed by atoms with Crippen LogP contribution in [0.25, 0.3) is 17.6 Å². The van der Waals surface area contributed by atoms with Gasteiger partial charge in [0.25, 0.3) is 0 Å². The molecule has 2 aliphatic heterocycles. The number of hydrogen-bond acceptors (Lipinski definition) is 7. The van der Waals surface area contributed by atoms with Crippen LogP contribution in [0.4, 0.5) is 0 Å². The van der Waals surface area contributed by atoms with Crippen LogP contribution in [0.5, 0.6) is 11.5 Å². The van der Waals surface area contributed by atoms with Crippen molar-refractivity contribution in [1.29, 1.82) is 0 Å². The third-order valence-electron chi connectivity index (χ3n) is 4.69. The van der Waals surface area contributed by atoms with E-state index in [4.69, 9.17) is 14.0 Å². The first-order chi connectivity index (χ1) is 13.8. The van der Waals surface area contributed by atoms with Crippen LogP contribution >= 0.6 is 0 Å². The predicted octanol–water partition coefficient (Wildman–Crippen LogP) is 2.50. The van der Waals surface area contributed by atoms with Crippen LogP contribution in [0, 0.1) is 0 Å². The first kappa shape index (κ1) is 16.5. The number of likely N-dealkylation sites (tertiary alicyclic amines) is 1. The van der Waals surface area contributed by atoms with Gasteiger partial charge in [-0.1, -0.05) is 17.3 Å².